The first-order valence-corrected chi connectivity index (χ1v) is 8.64. The zero-order chi connectivity index (χ0) is 21.9. The first kappa shape index (κ1) is 24.3. The molecule has 0 saturated heterocycles. The Morgan fingerprint density at radius 3 is 2.21 bits per heavy atom. The standard InChI is InChI=1S/C17H18ClNO3.C2HF3O2/c18-15-6-4-13(5-7-15)12-22-16-3-1-2-14(10-16)11-19-9-8-17(20)21;3-2(4,5)1(6)7/h1-7,10,19H,8-9,11-12H2,(H,20,21);(H,6,7). The number of carboxylic acid groups (broad SMARTS) is 2. The van der Waals surface area contributed by atoms with Crippen molar-refractivity contribution in [3.63, 3.8) is 0 Å². The van der Waals surface area contributed by atoms with Crippen molar-refractivity contribution in [1.29, 1.82) is 0 Å². The van der Waals surface area contributed by atoms with E-state index in [0.717, 1.165) is 16.9 Å². The predicted molar refractivity (Wildman–Crippen MR) is 99.9 cm³/mol. The molecule has 6 nitrogen and oxygen atoms in total. The van der Waals surface area contributed by atoms with Crippen molar-refractivity contribution >= 4 is 23.5 Å². The van der Waals surface area contributed by atoms with Crippen LogP contribution in [0.3, 0.4) is 0 Å². The molecule has 0 aliphatic carbocycles. The summed E-state index contributed by atoms with van der Waals surface area (Å²) in [4.78, 5) is 19.3. The molecule has 0 bridgehead atoms. The highest BCUT2D eigenvalue weighted by Crippen LogP contribution is 2.16. The number of aliphatic carboxylic acids is 2. The van der Waals surface area contributed by atoms with E-state index in [-0.39, 0.29) is 6.42 Å². The van der Waals surface area contributed by atoms with Crippen LogP contribution in [0.1, 0.15) is 17.5 Å². The third-order valence-corrected chi connectivity index (χ3v) is 3.56. The zero-order valence-electron chi connectivity index (χ0n) is 15.1. The van der Waals surface area contributed by atoms with Crippen LogP contribution in [0.5, 0.6) is 5.75 Å². The molecule has 0 fully saturated rings. The molecule has 0 unspecified atom stereocenters. The number of carboxylic acids is 2. The van der Waals surface area contributed by atoms with Crippen LogP contribution in [0.4, 0.5) is 13.2 Å². The van der Waals surface area contributed by atoms with Gasteiger partial charge < -0.3 is 20.3 Å². The Balaban J connectivity index is 0.000000516. The summed E-state index contributed by atoms with van der Waals surface area (Å²) in [6, 6.07) is 15.3. The number of benzene rings is 2. The van der Waals surface area contributed by atoms with Crippen molar-refractivity contribution in [2.24, 2.45) is 0 Å². The van der Waals surface area contributed by atoms with E-state index in [4.69, 9.17) is 31.3 Å². The van der Waals surface area contributed by atoms with Crippen molar-refractivity contribution in [1.82, 2.24) is 5.32 Å². The van der Waals surface area contributed by atoms with Gasteiger partial charge in [-0.2, -0.15) is 13.2 Å². The van der Waals surface area contributed by atoms with Gasteiger partial charge in [-0.3, -0.25) is 4.79 Å². The van der Waals surface area contributed by atoms with Gasteiger partial charge in [-0.25, -0.2) is 4.79 Å². The fourth-order valence-electron chi connectivity index (χ4n) is 1.92. The Morgan fingerprint density at radius 1 is 1.03 bits per heavy atom. The highest BCUT2D eigenvalue weighted by atomic mass is 35.5. The molecule has 0 aliphatic rings. The van der Waals surface area contributed by atoms with Crippen molar-refractivity contribution in [2.45, 2.75) is 25.7 Å². The van der Waals surface area contributed by atoms with Crippen molar-refractivity contribution in [3.05, 3.63) is 64.7 Å². The number of halogens is 4. The third kappa shape index (κ3) is 11.0. The summed E-state index contributed by atoms with van der Waals surface area (Å²) in [5, 5.41) is 19.5. The summed E-state index contributed by atoms with van der Waals surface area (Å²) in [6.07, 6.45) is -4.97. The summed E-state index contributed by atoms with van der Waals surface area (Å²) < 4.78 is 37.5. The van der Waals surface area contributed by atoms with Crippen molar-refractivity contribution in [3.8, 4) is 5.75 Å². The van der Waals surface area contributed by atoms with Crippen LogP contribution in [0, 0.1) is 0 Å². The van der Waals surface area contributed by atoms with E-state index in [0.29, 0.717) is 24.7 Å². The van der Waals surface area contributed by atoms with Gasteiger partial charge in [0.1, 0.15) is 12.4 Å². The maximum atomic E-state index is 10.6. The molecule has 0 amide bonds. The molecular weight excluding hydrogens is 415 g/mol. The molecule has 0 aliphatic heterocycles. The molecule has 2 rings (SSSR count). The number of hydrogen-bond donors (Lipinski definition) is 3. The van der Waals surface area contributed by atoms with Gasteiger partial charge in [0.15, 0.2) is 0 Å². The molecule has 0 radical (unpaired) electrons. The van der Waals surface area contributed by atoms with Crippen LogP contribution in [0.2, 0.25) is 5.02 Å². The molecule has 0 saturated carbocycles. The van der Waals surface area contributed by atoms with Gasteiger partial charge in [-0.1, -0.05) is 35.9 Å². The summed E-state index contributed by atoms with van der Waals surface area (Å²) in [7, 11) is 0. The van der Waals surface area contributed by atoms with E-state index >= 15 is 0 Å². The first-order chi connectivity index (χ1) is 13.6. The molecule has 3 N–H and O–H groups in total. The fourth-order valence-corrected chi connectivity index (χ4v) is 2.05. The largest absolute Gasteiger partial charge is 0.490 e. The van der Waals surface area contributed by atoms with Crippen LogP contribution in [-0.4, -0.2) is 34.9 Å². The van der Waals surface area contributed by atoms with Crippen LogP contribution < -0.4 is 10.1 Å². The lowest BCUT2D eigenvalue weighted by Gasteiger charge is -2.09. The second-order valence-electron chi connectivity index (χ2n) is 5.69. The van der Waals surface area contributed by atoms with Crippen LogP contribution in [0.15, 0.2) is 48.5 Å². The Morgan fingerprint density at radius 2 is 1.66 bits per heavy atom. The number of carbonyl (C=O) groups is 2. The fraction of sp³-hybridized carbons (Fsp3) is 0.263. The molecule has 2 aromatic carbocycles. The average Bonchev–Trinajstić information content (AvgIpc) is 2.65. The normalized spacial score (nSPS) is 10.6. The zero-order valence-corrected chi connectivity index (χ0v) is 15.8. The van der Waals surface area contributed by atoms with E-state index in [1.807, 2.05) is 48.5 Å². The van der Waals surface area contributed by atoms with E-state index in [1.165, 1.54) is 0 Å². The molecule has 0 atom stereocenters. The lowest BCUT2D eigenvalue weighted by molar-refractivity contribution is -0.192. The molecule has 29 heavy (non-hydrogen) atoms. The number of rotatable bonds is 8. The van der Waals surface area contributed by atoms with Gasteiger partial charge >= 0.3 is 18.1 Å². The minimum absolute atomic E-state index is 0.118. The number of nitrogens with one attached hydrogen (secondary N) is 1. The van der Waals surface area contributed by atoms with Gasteiger partial charge in [-0.05, 0) is 35.4 Å². The van der Waals surface area contributed by atoms with Crippen molar-refractivity contribution in [2.75, 3.05) is 6.54 Å². The van der Waals surface area contributed by atoms with Gasteiger partial charge in [-0.15, -0.1) is 0 Å². The monoisotopic (exact) mass is 433 g/mol. The van der Waals surface area contributed by atoms with Gasteiger partial charge in [0.2, 0.25) is 0 Å². The average molecular weight is 434 g/mol. The van der Waals surface area contributed by atoms with Gasteiger partial charge in [0.05, 0.1) is 6.42 Å². The van der Waals surface area contributed by atoms with Gasteiger partial charge in [0, 0.05) is 18.1 Å². The summed E-state index contributed by atoms with van der Waals surface area (Å²) in [5.74, 6) is -2.77. The lowest BCUT2D eigenvalue weighted by atomic mass is 10.2. The van der Waals surface area contributed by atoms with E-state index in [2.05, 4.69) is 5.32 Å². The maximum absolute atomic E-state index is 10.6. The van der Waals surface area contributed by atoms with E-state index < -0.39 is 18.1 Å². The second-order valence-corrected chi connectivity index (χ2v) is 6.12. The molecule has 2 aromatic rings. The Labute approximate surface area is 169 Å². The third-order valence-electron chi connectivity index (χ3n) is 3.30. The smallest absolute Gasteiger partial charge is 0.489 e. The molecule has 158 valence electrons. The first-order valence-electron chi connectivity index (χ1n) is 8.26. The topological polar surface area (TPSA) is 95.9 Å². The minimum Gasteiger partial charge on any atom is -0.489 e. The molecule has 0 spiro atoms. The van der Waals surface area contributed by atoms with Crippen LogP contribution >= 0.6 is 11.6 Å². The summed E-state index contributed by atoms with van der Waals surface area (Å²) in [5.41, 5.74) is 2.10. The number of alkyl halides is 3. The lowest BCUT2D eigenvalue weighted by Crippen LogP contribution is -2.21. The second kappa shape index (κ2) is 11.9. The highest BCUT2D eigenvalue weighted by molar-refractivity contribution is 6.30. The molecular formula is C19H19ClF3NO5. The van der Waals surface area contributed by atoms with Crippen LogP contribution in [-0.2, 0) is 22.7 Å². The van der Waals surface area contributed by atoms with E-state index in [9.17, 15) is 18.0 Å². The van der Waals surface area contributed by atoms with Crippen LogP contribution in [0.25, 0.3) is 0 Å². The number of hydrogen-bond acceptors (Lipinski definition) is 4. The predicted octanol–water partition coefficient (Wildman–Crippen LogP) is 4.12. The highest BCUT2D eigenvalue weighted by Gasteiger charge is 2.38. The SMILES string of the molecule is O=C(O)C(F)(F)F.O=C(O)CCNCc1cccc(OCc2ccc(Cl)cc2)c1. The van der Waals surface area contributed by atoms with Crippen molar-refractivity contribution < 1.29 is 37.7 Å². The molecule has 0 aromatic heterocycles. The molecule has 0 heterocycles. The minimum atomic E-state index is -5.08. The Kier molecular flexibility index (Phi) is 9.98. The number of ether oxygens (including phenoxy) is 1. The maximum Gasteiger partial charge on any atom is 0.490 e. The summed E-state index contributed by atoms with van der Waals surface area (Å²) >= 11 is 5.85. The quantitative estimate of drug-likeness (QED) is 0.542. The van der Waals surface area contributed by atoms with Gasteiger partial charge in [0.25, 0.3) is 0 Å². The Hall–Kier alpha value is -2.78. The summed E-state index contributed by atoms with van der Waals surface area (Å²) in [6.45, 7) is 1.55. The Bertz CT molecular complexity index is 797. The van der Waals surface area contributed by atoms with E-state index in [1.54, 1.807) is 0 Å². The molecule has 10 heteroatoms.